The Kier molecular flexibility index (Phi) is 7.75. The molecule has 2 fully saturated rings. The summed E-state index contributed by atoms with van der Waals surface area (Å²) in [7, 11) is 0. The lowest BCUT2D eigenvalue weighted by molar-refractivity contribution is -0.132. The number of alkyl halides is 2. The van der Waals surface area contributed by atoms with E-state index in [-0.39, 0.29) is 62.0 Å². The average molecular weight is 605 g/mol. The average Bonchev–Trinajstić information content (AvgIpc) is 3.60. The van der Waals surface area contributed by atoms with Crippen molar-refractivity contribution in [3.63, 3.8) is 0 Å². The maximum atomic E-state index is 14.9. The first kappa shape index (κ1) is 29.6. The Morgan fingerprint density at radius 2 is 1.84 bits per heavy atom. The standard InChI is InChI=1S/C32H31F3N6O3/c33-22-16-24(19-37-18-22)41(29(43)26-5-6-28(42)40(26)27-15-20(17-36)10-14-38-27)32(13-7-21-3-1-2-4-25(21)32)30(44)39-23-8-11-31(34,35)12-9-23/h1-4,10,14-16,18-19,23,26,28,42H,5-9,11-13H2,(H,39,44)/t26-,28?,32-/m0/s1. The van der Waals surface area contributed by atoms with Gasteiger partial charge in [-0.15, -0.1) is 0 Å². The summed E-state index contributed by atoms with van der Waals surface area (Å²) in [6, 6.07) is 11.8. The number of aliphatic hydroxyl groups excluding tert-OH is 1. The number of aryl methyl sites for hydroxylation is 1. The highest BCUT2D eigenvalue weighted by Gasteiger charge is 2.55. The summed E-state index contributed by atoms with van der Waals surface area (Å²) in [6.45, 7) is 0. The number of rotatable bonds is 6. The van der Waals surface area contributed by atoms with Crippen LogP contribution in [0.2, 0.25) is 0 Å². The van der Waals surface area contributed by atoms with Crippen LogP contribution in [-0.4, -0.2) is 51.1 Å². The number of nitrogens with zero attached hydrogens (tertiary/aromatic N) is 5. The third-order valence-corrected chi connectivity index (χ3v) is 8.98. The fourth-order valence-electron chi connectivity index (χ4n) is 6.84. The van der Waals surface area contributed by atoms with Gasteiger partial charge in [0.2, 0.25) is 5.92 Å². The molecule has 0 radical (unpaired) electrons. The molecule has 3 aliphatic rings. The van der Waals surface area contributed by atoms with E-state index in [0.29, 0.717) is 12.0 Å². The second kappa shape index (κ2) is 11.5. The Morgan fingerprint density at radius 1 is 1.07 bits per heavy atom. The lowest BCUT2D eigenvalue weighted by Gasteiger charge is -2.44. The van der Waals surface area contributed by atoms with Crippen molar-refractivity contribution in [1.29, 1.82) is 5.26 Å². The molecule has 2 N–H and O–H groups in total. The fourth-order valence-corrected chi connectivity index (χ4v) is 6.84. The van der Waals surface area contributed by atoms with Crippen LogP contribution in [0.5, 0.6) is 0 Å². The molecule has 3 aromatic rings. The Balaban J connectivity index is 1.47. The molecule has 1 unspecified atom stereocenters. The normalized spacial score (nSPS) is 24.4. The summed E-state index contributed by atoms with van der Waals surface area (Å²) >= 11 is 0. The van der Waals surface area contributed by atoms with E-state index in [0.717, 1.165) is 17.8 Å². The van der Waals surface area contributed by atoms with E-state index in [9.17, 15) is 33.1 Å². The fraction of sp³-hybridized carbons (Fsp3) is 0.406. The molecular weight excluding hydrogens is 573 g/mol. The molecular formula is C32H31F3N6O3. The molecule has 44 heavy (non-hydrogen) atoms. The van der Waals surface area contributed by atoms with Crippen LogP contribution >= 0.6 is 0 Å². The number of nitrogens with one attached hydrogen (secondary N) is 1. The third-order valence-electron chi connectivity index (χ3n) is 8.98. The second-order valence-electron chi connectivity index (χ2n) is 11.7. The van der Waals surface area contributed by atoms with E-state index in [1.54, 1.807) is 12.1 Å². The van der Waals surface area contributed by atoms with Gasteiger partial charge in [-0.2, -0.15) is 5.26 Å². The van der Waals surface area contributed by atoms with Crippen LogP contribution in [0.25, 0.3) is 0 Å². The van der Waals surface area contributed by atoms with Crippen LogP contribution in [-0.2, 0) is 21.5 Å². The topological polar surface area (TPSA) is 122 Å². The molecule has 6 rings (SSSR count). The first-order valence-electron chi connectivity index (χ1n) is 14.7. The predicted molar refractivity (Wildman–Crippen MR) is 154 cm³/mol. The van der Waals surface area contributed by atoms with Gasteiger partial charge in [-0.25, -0.2) is 18.2 Å². The SMILES string of the molecule is N#Cc1ccnc(N2C(O)CC[C@H]2C(=O)N(c2cncc(F)c2)[C@@]2(C(=O)NC3CCC(F)(F)CC3)CCc3ccccc32)c1. The number of nitriles is 1. The highest BCUT2D eigenvalue weighted by atomic mass is 19.3. The summed E-state index contributed by atoms with van der Waals surface area (Å²) in [5, 5.41) is 23.4. The number of benzene rings is 1. The minimum absolute atomic E-state index is 0.0390. The van der Waals surface area contributed by atoms with Crippen molar-refractivity contribution in [3.8, 4) is 6.07 Å². The molecule has 228 valence electrons. The van der Waals surface area contributed by atoms with Crippen molar-refractivity contribution in [2.75, 3.05) is 9.80 Å². The number of amides is 2. The van der Waals surface area contributed by atoms with Crippen LogP contribution in [0.15, 0.2) is 61.1 Å². The first-order valence-corrected chi connectivity index (χ1v) is 14.7. The van der Waals surface area contributed by atoms with Crippen molar-refractivity contribution in [3.05, 3.63) is 83.6 Å². The molecule has 12 heteroatoms. The molecule has 3 heterocycles. The van der Waals surface area contributed by atoms with E-state index in [2.05, 4.69) is 15.3 Å². The number of hydrogen-bond acceptors (Lipinski definition) is 7. The smallest absolute Gasteiger partial charge is 0.251 e. The zero-order chi connectivity index (χ0) is 31.1. The van der Waals surface area contributed by atoms with Gasteiger partial charge >= 0.3 is 0 Å². The summed E-state index contributed by atoms with van der Waals surface area (Å²) in [5.74, 6) is -4.45. The number of hydrogen-bond donors (Lipinski definition) is 2. The van der Waals surface area contributed by atoms with Gasteiger partial charge in [0.1, 0.15) is 23.9 Å². The number of pyridine rings is 2. The van der Waals surface area contributed by atoms with E-state index in [1.165, 1.54) is 34.3 Å². The Hall–Kier alpha value is -4.50. The lowest BCUT2D eigenvalue weighted by Crippen LogP contribution is -2.62. The van der Waals surface area contributed by atoms with Gasteiger partial charge in [0, 0.05) is 31.1 Å². The first-order chi connectivity index (χ1) is 21.1. The Bertz CT molecular complexity index is 1620. The number of aliphatic hydroxyl groups is 1. The van der Waals surface area contributed by atoms with Gasteiger partial charge in [0.05, 0.1) is 29.7 Å². The number of anilines is 2. The van der Waals surface area contributed by atoms with Crippen LogP contribution in [0.3, 0.4) is 0 Å². The predicted octanol–water partition coefficient (Wildman–Crippen LogP) is 4.34. The third kappa shape index (κ3) is 5.26. The molecule has 1 aromatic carbocycles. The minimum Gasteiger partial charge on any atom is -0.374 e. The van der Waals surface area contributed by atoms with Crippen molar-refractivity contribution >= 4 is 23.3 Å². The molecule has 0 spiro atoms. The van der Waals surface area contributed by atoms with Crippen molar-refractivity contribution < 1.29 is 27.9 Å². The number of carbonyl (C=O) groups is 2. The number of aromatic nitrogens is 2. The Morgan fingerprint density at radius 3 is 2.59 bits per heavy atom. The highest BCUT2D eigenvalue weighted by molar-refractivity contribution is 6.08. The molecule has 3 atom stereocenters. The van der Waals surface area contributed by atoms with Crippen molar-refractivity contribution in [1.82, 2.24) is 15.3 Å². The molecule has 2 aromatic heterocycles. The van der Waals surface area contributed by atoms with Gasteiger partial charge < -0.3 is 15.3 Å². The van der Waals surface area contributed by atoms with Gasteiger partial charge in [0.25, 0.3) is 11.8 Å². The second-order valence-corrected chi connectivity index (χ2v) is 11.7. The molecule has 1 aliphatic heterocycles. The number of fused-ring (bicyclic) bond motifs is 1. The number of carbonyl (C=O) groups excluding carboxylic acids is 2. The summed E-state index contributed by atoms with van der Waals surface area (Å²) in [6.07, 6.45) is 3.02. The van der Waals surface area contributed by atoms with Gasteiger partial charge in [-0.3, -0.25) is 19.5 Å². The zero-order valence-electron chi connectivity index (χ0n) is 23.8. The van der Waals surface area contributed by atoms with E-state index >= 15 is 0 Å². The van der Waals surface area contributed by atoms with E-state index in [4.69, 9.17) is 0 Å². The molecule has 9 nitrogen and oxygen atoms in total. The van der Waals surface area contributed by atoms with Crippen LogP contribution in [0, 0.1) is 17.1 Å². The maximum Gasteiger partial charge on any atom is 0.251 e. The van der Waals surface area contributed by atoms with Crippen LogP contribution in [0.1, 0.15) is 61.6 Å². The van der Waals surface area contributed by atoms with E-state index < -0.39 is 47.4 Å². The number of halogens is 3. The monoisotopic (exact) mass is 604 g/mol. The molecule has 1 saturated heterocycles. The zero-order valence-corrected chi connectivity index (χ0v) is 23.8. The summed E-state index contributed by atoms with van der Waals surface area (Å²) in [4.78, 5) is 40.4. The van der Waals surface area contributed by atoms with Gasteiger partial charge in [-0.05, 0) is 61.8 Å². The van der Waals surface area contributed by atoms with Crippen molar-refractivity contribution in [2.45, 2.75) is 81.1 Å². The van der Waals surface area contributed by atoms with Crippen molar-refractivity contribution in [2.24, 2.45) is 0 Å². The molecule has 2 amide bonds. The van der Waals surface area contributed by atoms with E-state index in [1.807, 2.05) is 18.2 Å². The van der Waals surface area contributed by atoms with Gasteiger partial charge in [-0.1, -0.05) is 24.3 Å². The van der Waals surface area contributed by atoms with Gasteiger partial charge in [0.15, 0.2) is 5.54 Å². The molecule has 2 aliphatic carbocycles. The maximum absolute atomic E-state index is 14.9. The van der Waals surface area contributed by atoms with Crippen LogP contribution in [0.4, 0.5) is 24.7 Å². The highest BCUT2D eigenvalue weighted by Crippen LogP contribution is 2.46. The molecule has 1 saturated carbocycles. The molecule has 0 bridgehead atoms. The largest absolute Gasteiger partial charge is 0.374 e. The lowest BCUT2D eigenvalue weighted by atomic mass is 9.85. The quantitative estimate of drug-likeness (QED) is 0.429. The minimum atomic E-state index is -2.79. The summed E-state index contributed by atoms with van der Waals surface area (Å²) < 4.78 is 42.7. The summed E-state index contributed by atoms with van der Waals surface area (Å²) in [5.41, 5.74) is 0.0319. The Labute approximate surface area is 252 Å². The van der Waals surface area contributed by atoms with Crippen LogP contribution < -0.4 is 15.1 Å².